The molecule has 0 spiro atoms. The van der Waals surface area contributed by atoms with E-state index in [4.69, 9.17) is 15.0 Å². The molecule has 0 bridgehead atoms. The molecule has 1 atom stereocenters. The van der Waals surface area contributed by atoms with E-state index < -0.39 is 16.2 Å². The zero-order valence-corrected chi connectivity index (χ0v) is 51.8. The SMILES string of the molecule is c1ccc(-c2ccc(C3(c4nc(C5(c6ccc(-n7c8ccccc8c8ccccc87)cc6)c6ccccc6-c6ccccc65)nc(C5(c6ccccc6)c6ccccc6-c6ccc(N(c7ccccc7)c7ccccc7)cc65)n4)c4ccccc4-c4ccccc43)cc2)cc1. The summed E-state index contributed by atoms with van der Waals surface area (Å²) in [5.74, 6) is 1.90. The summed E-state index contributed by atoms with van der Waals surface area (Å²) in [7, 11) is 0. The monoisotopic (exact) mass is 1210 g/mol. The molecule has 0 saturated carbocycles. The molecule has 2 aromatic heterocycles. The van der Waals surface area contributed by atoms with Gasteiger partial charge >= 0.3 is 0 Å². The third-order valence-corrected chi connectivity index (χ3v) is 20.6. The Balaban J connectivity index is 0.971. The molecule has 19 rings (SSSR count). The topological polar surface area (TPSA) is 46.8 Å². The molecule has 5 nitrogen and oxygen atoms in total. The van der Waals surface area contributed by atoms with Crippen molar-refractivity contribution in [1.82, 2.24) is 19.5 Å². The van der Waals surface area contributed by atoms with Gasteiger partial charge in [0.1, 0.15) is 16.2 Å². The predicted molar refractivity (Wildman–Crippen MR) is 386 cm³/mol. The summed E-state index contributed by atoms with van der Waals surface area (Å²) < 4.78 is 2.40. The first-order valence-electron chi connectivity index (χ1n) is 32.7. The number of rotatable bonds is 11. The summed E-state index contributed by atoms with van der Waals surface area (Å²) in [4.78, 5) is 21.7. The van der Waals surface area contributed by atoms with E-state index in [1.165, 1.54) is 10.8 Å². The van der Waals surface area contributed by atoms with Gasteiger partial charge in [-0.15, -0.1) is 0 Å². The minimum absolute atomic E-state index is 0.628. The van der Waals surface area contributed by atoms with E-state index >= 15 is 0 Å². The first-order valence-corrected chi connectivity index (χ1v) is 32.7. The van der Waals surface area contributed by atoms with Crippen molar-refractivity contribution in [3.63, 3.8) is 0 Å². The van der Waals surface area contributed by atoms with Crippen molar-refractivity contribution in [3.8, 4) is 50.2 Å². The number of anilines is 3. The van der Waals surface area contributed by atoms with Crippen LogP contribution >= 0.6 is 0 Å². The lowest BCUT2D eigenvalue weighted by atomic mass is 9.68. The Morgan fingerprint density at radius 2 is 0.547 bits per heavy atom. The van der Waals surface area contributed by atoms with Gasteiger partial charge in [0.25, 0.3) is 0 Å². The van der Waals surface area contributed by atoms with Crippen LogP contribution in [0.4, 0.5) is 17.1 Å². The molecule has 1 unspecified atom stereocenters. The third kappa shape index (κ3) is 7.81. The second kappa shape index (κ2) is 21.4. The van der Waals surface area contributed by atoms with Gasteiger partial charge in [0.15, 0.2) is 17.5 Å². The normalized spacial score (nSPS) is 14.9. The zero-order valence-electron chi connectivity index (χ0n) is 51.8. The van der Waals surface area contributed by atoms with Gasteiger partial charge < -0.3 is 9.47 Å². The van der Waals surface area contributed by atoms with Crippen molar-refractivity contribution in [2.75, 3.05) is 4.90 Å². The largest absolute Gasteiger partial charge is 0.310 e. The van der Waals surface area contributed by atoms with Crippen LogP contribution in [-0.4, -0.2) is 19.5 Å². The Morgan fingerprint density at radius 1 is 0.232 bits per heavy atom. The fourth-order valence-electron chi connectivity index (χ4n) is 16.7. The minimum Gasteiger partial charge on any atom is -0.310 e. The average Bonchev–Trinajstić information content (AvgIpc) is 1.55. The standard InChI is InChI=1S/C90H59N5/c1-5-27-60(28-6-1)61-49-51-63(52-50-61)88(77-42-20-13-35-69(77)70-36-14-21-43-78(70)88)85-91-86(89(79-44-22-15-37-71(79)72-38-16-23-45-80(72)89)64-53-55-67(56-54-64)95-83-47-25-18-40-75(83)76-41-19-26-48-84(76)95)93-87(92-85)90(62-29-7-2-8-30-62)81-46-24-17-39-73(81)74-58-57-68(59-82(74)90)94(65-31-9-3-10-32-65)66-33-11-4-12-34-66/h1-59H. The highest BCUT2D eigenvalue weighted by atomic mass is 15.1. The first-order chi connectivity index (χ1) is 47.1. The summed E-state index contributed by atoms with van der Waals surface area (Å²) in [6.07, 6.45) is 0. The van der Waals surface area contributed by atoms with E-state index in [-0.39, 0.29) is 0 Å². The molecular formula is C90H59N5. The van der Waals surface area contributed by atoms with Crippen LogP contribution in [0.25, 0.3) is 72.0 Å². The maximum absolute atomic E-state index is 6.46. The molecule has 16 aromatic rings. The molecule has 444 valence electrons. The van der Waals surface area contributed by atoms with E-state index in [2.05, 4.69) is 367 Å². The van der Waals surface area contributed by atoms with Crippen molar-refractivity contribution >= 4 is 38.9 Å². The number of benzene rings is 14. The zero-order chi connectivity index (χ0) is 62.7. The average molecular weight is 1210 g/mol. The van der Waals surface area contributed by atoms with Crippen LogP contribution < -0.4 is 4.90 Å². The molecule has 3 aliphatic carbocycles. The van der Waals surface area contributed by atoms with Crippen molar-refractivity contribution in [3.05, 3.63) is 425 Å². The second-order valence-electron chi connectivity index (χ2n) is 25.2. The van der Waals surface area contributed by atoms with Gasteiger partial charge in [-0.3, -0.25) is 0 Å². The molecule has 0 amide bonds. The van der Waals surface area contributed by atoms with Gasteiger partial charge in [0.05, 0.1) is 11.0 Å². The fourth-order valence-corrected chi connectivity index (χ4v) is 16.7. The number of nitrogens with zero attached hydrogens (tertiary/aromatic N) is 5. The lowest BCUT2D eigenvalue weighted by Crippen LogP contribution is -2.40. The van der Waals surface area contributed by atoms with Gasteiger partial charge in [0, 0.05) is 33.5 Å². The third-order valence-electron chi connectivity index (χ3n) is 20.6. The summed E-state index contributed by atoms with van der Waals surface area (Å²) >= 11 is 0. The predicted octanol–water partition coefficient (Wildman–Crippen LogP) is 21.2. The van der Waals surface area contributed by atoms with Crippen molar-refractivity contribution < 1.29 is 0 Å². The molecule has 0 aliphatic heterocycles. The summed E-state index contributed by atoms with van der Waals surface area (Å²) in [6.45, 7) is 0. The van der Waals surface area contributed by atoms with Gasteiger partial charge in [0.2, 0.25) is 0 Å². The van der Waals surface area contributed by atoms with Crippen LogP contribution in [0.2, 0.25) is 0 Å². The summed E-state index contributed by atoms with van der Waals surface area (Å²) in [5.41, 5.74) is 22.0. The summed E-state index contributed by atoms with van der Waals surface area (Å²) in [5, 5.41) is 2.43. The second-order valence-corrected chi connectivity index (χ2v) is 25.2. The van der Waals surface area contributed by atoms with E-state index in [9.17, 15) is 0 Å². The van der Waals surface area contributed by atoms with E-state index in [1.54, 1.807) is 0 Å². The molecule has 2 heterocycles. The molecule has 0 fully saturated rings. The highest BCUT2D eigenvalue weighted by molar-refractivity contribution is 6.09. The van der Waals surface area contributed by atoms with Crippen LogP contribution in [0.3, 0.4) is 0 Å². The molecule has 5 heteroatoms. The first kappa shape index (κ1) is 54.4. The number of hydrogen-bond acceptors (Lipinski definition) is 4. The van der Waals surface area contributed by atoms with E-state index in [1.807, 2.05) is 0 Å². The maximum Gasteiger partial charge on any atom is 0.152 e. The number of fused-ring (bicyclic) bond motifs is 12. The molecule has 0 saturated heterocycles. The molecule has 14 aromatic carbocycles. The van der Waals surface area contributed by atoms with E-state index in [0.717, 1.165) is 128 Å². The Bertz CT molecular complexity index is 5480. The Morgan fingerprint density at radius 3 is 0.979 bits per heavy atom. The Hall–Kier alpha value is -12.3. The minimum atomic E-state index is -1.14. The molecule has 0 radical (unpaired) electrons. The lowest BCUT2D eigenvalue weighted by molar-refractivity contribution is 0.581. The van der Waals surface area contributed by atoms with E-state index in [0.29, 0.717) is 17.5 Å². The summed E-state index contributed by atoms with van der Waals surface area (Å²) in [6, 6.07) is 131. The van der Waals surface area contributed by atoms with Gasteiger partial charge in [-0.1, -0.05) is 297 Å². The van der Waals surface area contributed by atoms with Gasteiger partial charge in [-0.25, -0.2) is 15.0 Å². The smallest absolute Gasteiger partial charge is 0.152 e. The molecule has 0 N–H and O–H groups in total. The molecule has 3 aliphatic rings. The lowest BCUT2D eigenvalue weighted by Gasteiger charge is -2.38. The van der Waals surface area contributed by atoms with Crippen LogP contribution in [0.5, 0.6) is 0 Å². The molecule has 95 heavy (non-hydrogen) atoms. The number of para-hydroxylation sites is 4. The highest BCUT2D eigenvalue weighted by Gasteiger charge is 2.56. The van der Waals surface area contributed by atoms with Crippen LogP contribution in [-0.2, 0) is 16.2 Å². The van der Waals surface area contributed by atoms with Crippen molar-refractivity contribution in [2.45, 2.75) is 16.2 Å². The number of aromatic nitrogens is 4. The fraction of sp³-hybridized carbons (Fsp3) is 0.0333. The van der Waals surface area contributed by atoms with Crippen LogP contribution in [0, 0.1) is 0 Å². The Labute approximate surface area is 551 Å². The van der Waals surface area contributed by atoms with Crippen molar-refractivity contribution in [2.24, 2.45) is 0 Å². The maximum atomic E-state index is 6.46. The quantitative estimate of drug-likeness (QED) is 0.129. The van der Waals surface area contributed by atoms with Crippen LogP contribution in [0.15, 0.2) is 358 Å². The van der Waals surface area contributed by atoms with Crippen LogP contribution in [0.1, 0.15) is 67.5 Å². The van der Waals surface area contributed by atoms with Gasteiger partial charge in [-0.2, -0.15) is 0 Å². The highest BCUT2D eigenvalue weighted by Crippen LogP contribution is 2.62. The van der Waals surface area contributed by atoms with Crippen molar-refractivity contribution in [1.29, 1.82) is 0 Å². The molecular weight excluding hydrogens is 1150 g/mol. The van der Waals surface area contributed by atoms with Gasteiger partial charge in [-0.05, 0) is 155 Å². The number of hydrogen-bond donors (Lipinski definition) is 0. The Kier molecular flexibility index (Phi) is 12.3.